The van der Waals surface area contributed by atoms with Gasteiger partial charge in [-0.15, -0.1) is 0 Å². The molecule has 2 aliphatic carbocycles. The number of rotatable bonds is 9. The van der Waals surface area contributed by atoms with Crippen molar-refractivity contribution in [3.8, 4) is 0 Å². The minimum Gasteiger partial charge on any atom is -0.461 e. The molecule has 4 aliphatic rings. The number of aliphatic hydroxyl groups is 1. The standard InChI is InChI=1S/C35H46O16/c1-16(2)12-26(41)51-27-29(47-20(6)38)33(9)24(46-19(5)37)11-10-23(14-44-18(4)36)13-25-35(43,17(3)32(42)50-25)31(49-22(8)40)28(33)34(15-45-34)30(27)48-21(7)39/h10-11,13,16-17,24-25,27-31,43H,12,14-15H2,1-9H3/b11-10+,23-13-/t17-,24-,25-,27+,28+,29-,30+,31-,33+,34-,35-/m0/s1. The van der Waals surface area contributed by atoms with Crippen LogP contribution in [0.1, 0.15) is 68.7 Å². The Kier molecular flexibility index (Phi) is 11.4. The van der Waals surface area contributed by atoms with Gasteiger partial charge in [-0.1, -0.05) is 26.8 Å². The van der Waals surface area contributed by atoms with Gasteiger partial charge in [0.05, 0.1) is 17.9 Å². The van der Waals surface area contributed by atoms with Crippen LogP contribution < -0.4 is 0 Å². The first-order chi connectivity index (χ1) is 23.7. The van der Waals surface area contributed by atoms with Gasteiger partial charge in [0.1, 0.15) is 24.4 Å². The summed E-state index contributed by atoms with van der Waals surface area (Å²) >= 11 is 0. The number of ether oxygens (including phenoxy) is 8. The van der Waals surface area contributed by atoms with Gasteiger partial charge in [0.25, 0.3) is 0 Å². The van der Waals surface area contributed by atoms with Crippen molar-refractivity contribution in [2.24, 2.45) is 23.2 Å². The second kappa shape index (κ2) is 14.7. The lowest BCUT2D eigenvalue weighted by atomic mass is 9.51. The molecule has 0 unspecified atom stereocenters. The molecular formula is C35H46O16. The number of hydrogen-bond donors (Lipinski definition) is 1. The van der Waals surface area contributed by atoms with Crippen LogP contribution >= 0.6 is 0 Å². The zero-order valence-electron chi connectivity index (χ0n) is 30.1. The number of carbonyl (C=O) groups excluding carboxylic acids is 7. The summed E-state index contributed by atoms with van der Waals surface area (Å²) in [4.78, 5) is 90.0. The molecule has 0 aromatic heterocycles. The predicted octanol–water partition coefficient (Wildman–Crippen LogP) is 1.43. The van der Waals surface area contributed by atoms with Crippen molar-refractivity contribution in [1.82, 2.24) is 0 Å². The lowest BCUT2D eigenvalue weighted by Crippen LogP contribution is -2.76. The zero-order chi connectivity index (χ0) is 38.2. The van der Waals surface area contributed by atoms with E-state index in [-0.39, 0.29) is 31.1 Å². The molecule has 1 N–H and O–H groups in total. The molecule has 2 heterocycles. The van der Waals surface area contributed by atoms with E-state index < -0.39 is 107 Å². The molecule has 282 valence electrons. The summed E-state index contributed by atoms with van der Waals surface area (Å²) in [5, 5.41) is 12.8. The molecule has 16 nitrogen and oxygen atoms in total. The van der Waals surface area contributed by atoms with Crippen LogP contribution in [0.25, 0.3) is 0 Å². The second-order valence-electron chi connectivity index (χ2n) is 14.1. The first kappa shape index (κ1) is 39.5. The lowest BCUT2D eigenvalue weighted by Gasteiger charge is -2.59. The van der Waals surface area contributed by atoms with Crippen LogP contribution in [0.2, 0.25) is 0 Å². The highest BCUT2D eigenvalue weighted by Crippen LogP contribution is 2.63. The zero-order valence-corrected chi connectivity index (χ0v) is 30.1. The number of epoxide rings is 1. The molecule has 4 rings (SSSR count). The van der Waals surface area contributed by atoms with Crippen molar-refractivity contribution in [3.63, 3.8) is 0 Å². The molecule has 0 aromatic carbocycles. The lowest BCUT2D eigenvalue weighted by molar-refractivity contribution is -0.279. The van der Waals surface area contributed by atoms with Gasteiger partial charge < -0.3 is 43.0 Å². The summed E-state index contributed by atoms with van der Waals surface area (Å²) in [6.45, 7) is 11.3. The maximum atomic E-state index is 13.4. The van der Waals surface area contributed by atoms with Gasteiger partial charge in [-0.3, -0.25) is 33.6 Å². The predicted molar refractivity (Wildman–Crippen MR) is 170 cm³/mol. The summed E-state index contributed by atoms with van der Waals surface area (Å²) in [6.07, 6.45) is -5.58. The molecule has 0 bridgehead atoms. The Morgan fingerprint density at radius 2 is 1.41 bits per heavy atom. The Morgan fingerprint density at radius 3 is 1.92 bits per heavy atom. The van der Waals surface area contributed by atoms with E-state index in [2.05, 4.69) is 0 Å². The van der Waals surface area contributed by atoms with Crippen molar-refractivity contribution >= 4 is 41.8 Å². The van der Waals surface area contributed by atoms with Crippen molar-refractivity contribution in [2.75, 3.05) is 13.2 Å². The van der Waals surface area contributed by atoms with Crippen LogP contribution in [0.15, 0.2) is 23.8 Å². The Morgan fingerprint density at radius 1 is 0.863 bits per heavy atom. The van der Waals surface area contributed by atoms with Gasteiger partial charge in [0.15, 0.2) is 30.0 Å². The van der Waals surface area contributed by atoms with E-state index >= 15 is 0 Å². The van der Waals surface area contributed by atoms with E-state index in [4.69, 9.17) is 37.9 Å². The van der Waals surface area contributed by atoms with E-state index in [1.165, 1.54) is 39.0 Å². The molecule has 2 saturated heterocycles. The minimum absolute atomic E-state index is 0.0872. The highest BCUT2D eigenvalue weighted by molar-refractivity contribution is 5.78. The Labute approximate surface area is 295 Å². The molecule has 0 aromatic rings. The van der Waals surface area contributed by atoms with E-state index in [0.717, 1.165) is 27.7 Å². The Balaban J connectivity index is 2.15. The summed E-state index contributed by atoms with van der Waals surface area (Å²) in [7, 11) is 0. The Bertz CT molecular complexity index is 1510. The van der Waals surface area contributed by atoms with Gasteiger partial charge in [0.2, 0.25) is 0 Å². The first-order valence-corrected chi connectivity index (χ1v) is 16.7. The van der Waals surface area contributed by atoms with Crippen molar-refractivity contribution in [1.29, 1.82) is 0 Å². The third kappa shape index (κ3) is 7.66. The third-order valence-electron chi connectivity index (χ3n) is 9.79. The smallest absolute Gasteiger partial charge is 0.312 e. The summed E-state index contributed by atoms with van der Waals surface area (Å²) in [5.41, 5.74) is -5.91. The quantitative estimate of drug-likeness (QED) is 0.202. The Hall–Kier alpha value is -4.31. The normalized spacial score (nSPS) is 38.4. The molecule has 1 saturated carbocycles. The average molecular weight is 723 g/mol. The number of fused-ring (bicyclic) bond motifs is 3. The molecule has 0 radical (unpaired) electrons. The maximum Gasteiger partial charge on any atom is 0.312 e. The van der Waals surface area contributed by atoms with Crippen molar-refractivity contribution < 1.29 is 76.6 Å². The van der Waals surface area contributed by atoms with E-state index in [0.29, 0.717) is 0 Å². The van der Waals surface area contributed by atoms with Gasteiger partial charge >= 0.3 is 41.8 Å². The van der Waals surface area contributed by atoms with Crippen LogP contribution in [0, 0.1) is 23.2 Å². The molecule has 2 aliphatic heterocycles. The highest BCUT2D eigenvalue weighted by Gasteiger charge is 2.81. The van der Waals surface area contributed by atoms with Crippen LogP contribution in [-0.4, -0.2) is 108 Å². The van der Waals surface area contributed by atoms with E-state index in [9.17, 15) is 38.7 Å². The molecule has 16 heteroatoms. The molecule has 0 amide bonds. The van der Waals surface area contributed by atoms with Gasteiger partial charge in [0, 0.05) is 47.0 Å². The highest BCUT2D eigenvalue weighted by atomic mass is 16.7. The second-order valence-corrected chi connectivity index (χ2v) is 14.1. The molecular weight excluding hydrogens is 676 g/mol. The fourth-order valence-corrected chi connectivity index (χ4v) is 7.63. The summed E-state index contributed by atoms with van der Waals surface area (Å²) < 4.78 is 46.6. The SMILES string of the molecule is CC(=O)OCC1=C\[C@@H]2OC(=O)[C@H](C)[C@@]2(O)[C@@H](OC(C)=O)[C@H]2[C@@]3(CO3)[C@H](OC(C)=O)[C@H](OC(=O)CC(C)C)[C@H](OC(C)=O)[C@]2(C)[C@@H](OC(C)=O)\C=C\1. The summed E-state index contributed by atoms with van der Waals surface area (Å²) in [5.74, 6) is -8.76. The van der Waals surface area contributed by atoms with Crippen LogP contribution in [0.5, 0.6) is 0 Å². The fraction of sp³-hybridized carbons (Fsp3) is 0.686. The van der Waals surface area contributed by atoms with E-state index in [1.807, 2.05) is 0 Å². The van der Waals surface area contributed by atoms with Gasteiger partial charge in [-0.25, -0.2) is 0 Å². The van der Waals surface area contributed by atoms with Crippen molar-refractivity contribution in [3.05, 3.63) is 23.8 Å². The van der Waals surface area contributed by atoms with Gasteiger partial charge in [-0.05, 0) is 30.6 Å². The largest absolute Gasteiger partial charge is 0.461 e. The number of carbonyl (C=O) groups is 7. The third-order valence-corrected chi connectivity index (χ3v) is 9.79. The minimum atomic E-state index is -2.43. The number of hydrogen-bond acceptors (Lipinski definition) is 16. The number of esters is 7. The van der Waals surface area contributed by atoms with Gasteiger partial charge in [-0.2, -0.15) is 0 Å². The molecule has 51 heavy (non-hydrogen) atoms. The van der Waals surface area contributed by atoms with Crippen LogP contribution in [-0.2, 0) is 71.5 Å². The van der Waals surface area contributed by atoms with Crippen LogP contribution in [0.3, 0.4) is 0 Å². The van der Waals surface area contributed by atoms with E-state index in [1.54, 1.807) is 13.8 Å². The summed E-state index contributed by atoms with van der Waals surface area (Å²) in [6, 6.07) is 0. The average Bonchev–Trinajstić information content (AvgIpc) is 3.75. The topological polar surface area (TPSA) is 217 Å². The monoisotopic (exact) mass is 722 g/mol. The first-order valence-electron chi connectivity index (χ1n) is 16.7. The molecule has 1 spiro atoms. The van der Waals surface area contributed by atoms with Crippen LogP contribution in [0.4, 0.5) is 0 Å². The van der Waals surface area contributed by atoms with Crippen molar-refractivity contribution in [2.45, 2.75) is 117 Å². The molecule has 11 atom stereocenters. The fourth-order valence-electron chi connectivity index (χ4n) is 7.63. The molecule has 3 fully saturated rings. The maximum absolute atomic E-state index is 13.4.